The smallest absolute Gasteiger partial charge is 0.161 e. The first-order valence-corrected chi connectivity index (χ1v) is 6.09. The second-order valence-corrected chi connectivity index (χ2v) is 4.44. The van der Waals surface area contributed by atoms with Gasteiger partial charge >= 0.3 is 0 Å². The van der Waals surface area contributed by atoms with E-state index in [-0.39, 0.29) is 6.61 Å². The van der Waals surface area contributed by atoms with E-state index < -0.39 is 0 Å². The van der Waals surface area contributed by atoms with Gasteiger partial charge in [-0.2, -0.15) is 4.68 Å². The molecule has 5 heteroatoms. The van der Waals surface area contributed by atoms with Crippen LogP contribution in [0.15, 0.2) is 30.3 Å². The number of nitrogens with zero attached hydrogens (tertiary/aromatic N) is 4. The van der Waals surface area contributed by atoms with E-state index in [1.54, 1.807) is 4.68 Å². The van der Waals surface area contributed by atoms with E-state index in [1.165, 1.54) is 0 Å². The minimum absolute atomic E-state index is 0.0779. The van der Waals surface area contributed by atoms with Crippen LogP contribution in [0.2, 0.25) is 0 Å². The van der Waals surface area contributed by atoms with Gasteiger partial charge in [0.2, 0.25) is 0 Å². The average molecular weight is 254 g/mol. The highest BCUT2D eigenvalue weighted by atomic mass is 16.3. The van der Waals surface area contributed by atoms with Crippen molar-refractivity contribution >= 4 is 10.9 Å². The zero-order chi connectivity index (χ0) is 13.4. The van der Waals surface area contributed by atoms with Crippen molar-refractivity contribution in [1.82, 2.24) is 19.7 Å². The molecule has 1 aromatic carbocycles. The number of aliphatic hydroxyl groups is 1. The number of pyridine rings is 1. The molecule has 3 rings (SSSR count). The first kappa shape index (κ1) is 11.8. The van der Waals surface area contributed by atoms with Crippen LogP contribution < -0.4 is 0 Å². The molecule has 1 N–H and O–H groups in total. The normalized spacial score (nSPS) is 11.1. The maximum Gasteiger partial charge on any atom is 0.161 e. The van der Waals surface area contributed by atoms with Crippen LogP contribution in [0.5, 0.6) is 0 Å². The van der Waals surface area contributed by atoms with Crippen LogP contribution in [0.4, 0.5) is 0 Å². The molecule has 0 unspecified atom stereocenters. The number of fused-ring (bicyclic) bond motifs is 1. The lowest BCUT2D eigenvalue weighted by Gasteiger charge is -2.09. The number of hydrogen-bond donors (Lipinski definition) is 1. The van der Waals surface area contributed by atoms with E-state index in [2.05, 4.69) is 15.1 Å². The first-order chi connectivity index (χ1) is 9.19. The van der Waals surface area contributed by atoms with Gasteiger partial charge in [-0.15, -0.1) is 5.10 Å². The summed E-state index contributed by atoms with van der Waals surface area (Å²) in [6.45, 7) is 3.63. The number of hydrogen-bond acceptors (Lipinski definition) is 4. The molecule has 3 aromatic rings. The van der Waals surface area contributed by atoms with Gasteiger partial charge in [0, 0.05) is 10.9 Å². The van der Waals surface area contributed by atoms with Gasteiger partial charge in [-0.1, -0.05) is 18.2 Å². The van der Waals surface area contributed by atoms with Crippen molar-refractivity contribution in [3.63, 3.8) is 0 Å². The van der Waals surface area contributed by atoms with Crippen molar-refractivity contribution in [3.8, 4) is 5.82 Å². The maximum absolute atomic E-state index is 9.54. The Hall–Kier alpha value is -2.27. The number of aryl methyl sites for hydroxylation is 2. The number of benzene rings is 1. The largest absolute Gasteiger partial charge is 0.392 e. The summed E-state index contributed by atoms with van der Waals surface area (Å²) in [5.74, 6) is 2.09. The highest BCUT2D eigenvalue weighted by Crippen LogP contribution is 2.20. The van der Waals surface area contributed by atoms with Gasteiger partial charge in [0.25, 0.3) is 0 Å². The fourth-order valence-electron chi connectivity index (χ4n) is 2.17. The molecule has 0 saturated carbocycles. The predicted molar refractivity (Wildman–Crippen MR) is 72.1 cm³/mol. The minimum Gasteiger partial charge on any atom is -0.392 e. The van der Waals surface area contributed by atoms with Crippen LogP contribution in [0.25, 0.3) is 16.7 Å². The Labute approximate surface area is 110 Å². The zero-order valence-electron chi connectivity index (χ0n) is 10.8. The summed E-state index contributed by atoms with van der Waals surface area (Å²) < 4.78 is 1.67. The molecule has 0 aliphatic carbocycles. The summed E-state index contributed by atoms with van der Waals surface area (Å²) in [6, 6.07) is 9.75. The number of aromatic nitrogens is 4. The quantitative estimate of drug-likeness (QED) is 0.759. The summed E-state index contributed by atoms with van der Waals surface area (Å²) in [5.41, 5.74) is 1.62. The standard InChI is InChI=1S/C14H14N4O/c1-9-15-10(2)18(17-9)14-12(8-19)7-11-5-3-4-6-13(11)16-14/h3-7,19H,8H2,1-2H3. The van der Waals surface area contributed by atoms with Gasteiger partial charge in [-0.25, -0.2) is 9.97 Å². The summed E-state index contributed by atoms with van der Waals surface area (Å²) >= 11 is 0. The molecule has 0 saturated heterocycles. The van der Waals surface area contributed by atoms with Gasteiger partial charge in [0.05, 0.1) is 12.1 Å². The topological polar surface area (TPSA) is 63.8 Å². The van der Waals surface area contributed by atoms with Gasteiger partial charge in [0.15, 0.2) is 5.82 Å². The molecule has 2 heterocycles. The first-order valence-electron chi connectivity index (χ1n) is 6.09. The van der Waals surface area contributed by atoms with E-state index in [0.717, 1.165) is 22.3 Å². The lowest BCUT2D eigenvalue weighted by Crippen LogP contribution is -2.07. The Morgan fingerprint density at radius 3 is 2.63 bits per heavy atom. The van der Waals surface area contributed by atoms with Crippen LogP contribution in [-0.4, -0.2) is 24.9 Å². The van der Waals surface area contributed by atoms with Crippen LogP contribution in [-0.2, 0) is 6.61 Å². The fraction of sp³-hybridized carbons (Fsp3) is 0.214. The van der Waals surface area contributed by atoms with Crippen molar-refractivity contribution in [3.05, 3.63) is 47.5 Å². The molecule has 0 spiro atoms. The highest BCUT2D eigenvalue weighted by Gasteiger charge is 2.12. The lowest BCUT2D eigenvalue weighted by molar-refractivity contribution is 0.281. The molecule has 0 aliphatic rings. The van der Waals surface area contributed by atoms with Crippen molar-refractivity contribution in [2.45, 2.75) is 20.5 Å². The lowest BCUT2D eigenvalue weighted by atomic mass is 10.1. The average Bonchev–Trinajstić information content (AvgIpc) is 2.76. The molecule has 0 fully saturated rings. The van der Waals surface area contributed by atoms with Crippen molar-refractivity contribution < 1.29 is 5.11 Å². The van der Waals surface area contributed by atoms with Crippen LogP contribution in [0.3, 0.4) is 0 Å². The van der Waals surface area contributed by atoms with Gasteiger partial charge in [0.1, 0.15) is 11.6 Å². The molecule has 0 bridgehead atoms. The SMILES string of the molecule is Cc1nc(C)n(-c2nc3ccccc3cc2CO)n1. The molecular formula is C14H14N4O. The molecule has 2 aromatic heterocycles. The molecule has 5 nitrogen and oxygen atoms in total. The third-order valence-corrected chi connectivity index (χ3v) is 3.03. The third-order valence-electron chi connectivity index (χ3n) is 3.03. The zero-order valence-corrected chi connectivity index (χ0v) is 10.8. The summed E-state index contributed by atoms with van der Waals surface area (Å²) in [4.78, 5) is 8.86. The Morgan fingerprint density at radius 1 is 1.16 bits per heavy atom. The molecule has 0 atom stereocenters. The summed E-state index contributed by atoms with van der Waals surface area (Å²) in [6.07, 6.45) is 0. The molecule has 19 heavy (non-hydrogen) atoms. The van der Waals surface area contributed by atoms with Crippen molar-refractivity contribution in [2.75, 3.05) is 0 Å². The van der Waals surface area contributed by atoms with Gasteiger partial charge in [-0.05, 0) is 26.0 Å². The second-order valence-electron chi connectivity index (χ2n) is 4.44. The van der Waals surface area contributed by atoms with E-state index >= 15 is 0 Å². The van der Waals surface area contributed by atoms with E-state index in [1.807, 2.05) is 44.2 Å². The molecule has 0 radical (unpaired) electrons. The predicted octanol–water partition coefficient (Wildman–Crippen LogP) is 1.92. The van der Waals surface area contributed by atoms with Gasteiger partial charge < -0.3 is 5.11 Å². The van der Waals surface area contributed by atoms with Crippen molar-refractivity contribution in [2.24, 2.45) is 0 Å². The van der Waals surface area contributed by atoms with Crippen LogP contribution >= 0.6 is 0 Å². The van der Waals surface area contributed by atoms with E-state index in [4.69, 9.17) is 0 Å². The molecule has 96 valence electrons. The molecule has 0 amide bonds. The van der Waals surface area contributed by atoms with Crippen LogP contribution in [0.1, 0.15) is 17.2 Å². The Morgan fingerprint density at radius 2 is 1.95 bits per heavy atom. The highest BCUT2D eigenvalue weighted by molar-refractivity contribution is 5.80. The second kappa shape index (κ2) is 4.44. The maximum atomic E-state index is 9.54. The summed E-state index contributed by atoms with van der Waals surface area (Å²) in [5, 5.41) is 14.9. The monoisotopic (exact) mass is 254 g/mol. The van der Waals surface area contributed by atoms with Crippen LogP contribution in [0, 0.1) is 13.8 Å². The van der Waals surface area contributed by atoms with E-state index in [0.29, 0.717) is 11.6 Å². The third kappa shape index (κ3) is 1.98. The molecule has 0 aliphatic heterocycles. The minimum atomic E-state index is -0.0779. The summed E-state index contributed by atoms with van der Waals surface area (Å²) in [7, 11) is 0. The Balaban J connectivity index is 2.30. The van der Waals surface area contributed by atoms with Crippen molar-refractivity contribution in [1.29, 1.82) is 0 Å². The fourth-order valence-corrected chi connectivity index (χ4v) is 2.17. The Kier molecular flexibility index (Phi) is 2.76. The number of rotatable bonds is 2. The number of para-hydroxylation sites is 1. The van der Waals surface area contributed by atoms with E-state index in [9.17, 15) is 5.11 Å². The number of aliphatic hydroxyl groups excluding tert-OH is 1. The Bertz CT molecular complexity index is 748. The molecular weight excluding hydrogens is 240 g/mol. The van der Waals surface area contributed by atoms with Gasteiger partial charge in [-0.3, -0.25) is 0 Å².